The van der Waals surface area contributed by atoms with Crippen molar-refractivity contribution in [1.29, 1.82) is 0 Å². The minimum absolute atomic E-state index is 0.0209. The van der Waals surface area contributed by atoms with E-state index in [2.05, 4.69) is 5.32 Å². The summed E-state index contributed by atoms with van der Waals surface area (Å²) in [4.78, 5) is 37.9. The normalized spacial score (nSPS) is 14.3. The van der Waals surface area contributed by atoms with E-state index in [1.165, 1.54) is 4.90 Å². The molecular formula is C21H22N2O4. The molecule has 0 radical (unpaired) electrons. The molecule has 1 saturated carbocycles. The molecule has 3 rings (SSSR count). The molecule has 6 nitrogen and oxygen atoms in total. The van der Waals surface area contributed by atoms with Gasteiger partial charge in [-0.25, -0.2) is 0 Å². The van der Waals surface area contributed by atoms with E-state index in [1.54, 1.807) is 62.5 Å². The lowest BCUT2D eigenvalue weighted by molar-refractivity contribution is -0.138. The lowest BCUT2D eigenvalue weighted by Crippen LogP contribution is -2.29. The summed E-state index contributed by atoms with van der Waals surface area (Å²) < 4.78 is 0. The van der Waals surface area contributed by atoms with Crippen molar-refractivity contribution in [2.45, 2.75) is 25.7 Å². The molecule has 2 aromatic rings. The van der Waals surface area contributed by atoms with E-state index >= 15 is 0 Å². The Morgan fingerprint density at radius 2 is 1.81 bits per heavy atom. The topological polar surface area (TPSA) is 86.7 Å². The van der Waals surface area contributed by atoms with Crippen LogP contribution in [0.2, 0.25) is 0 Å². The standard InChI is InChI=1S/C21H22N2O4/c1-13(21(26)27)15-6-5-7-16(12-15)22-19(24)17-8-3-4-9-18(17)23(2)20(25)14-10-11-14/h3-9,12-14H,10-11H2,1-2H3,(H,22,24)(H,26,27). The zero-order valence-corrected chi connectivity index (χ0v) is 15.3. The molecule has 0 aromatic heterocycles. The molecule has 0 aliphatic heterocycles. The number of carbonyl (C=O) groups is 3. The Hall–Kier alpha value is -3.15. The van der Waals surface area contributed by atoms with Gasteiger partial charge in [-0.2, -0.15) is 0 Å². The molecule has 27 heavy (non-hydrogen) atoms. The monoisotopic (exact) mass is 366 g/mol. The van der Waals surface area contributed by atoms with E-state index in [4.69, 9.17) is 5.11 Å². The third kappa shape index (κ3) is 4.16. The predicted octanol–water partition coefficient (Wildman–Crippen LogP) is 3.50. The maximum absolute atomic E-state index is 12.8. The van der Waals surface area contributed by atoms with E-state index in [-0.39, 0.29) is 17.7 Å². The van der Waals surface area contributed by atoms with Crippen molar-refractivity contribution >= 4 is 29.2 Å². The molecule has 0 spiro atoms. The highest BCUT2D eigenvalue weighted by Gasteiger charge is 2.33. The number of hydrogen-bond donors (Lipinski definition) is 2. The molecule has 1 atom stereocenters. The van der Waals surface area contributed by atoms with E-state index in [1.807, 2.05) is 0 Å². The Balaban J connectivity index is 1.82. The molecule has 0 saturated heterocycles. The first-order chi connectivity index (χ1) is 12.9. The van der Waals surface area contributed by atoms with Gasteiger partial charge in [0.1, 0.15) is 0 Å². The number of para-hydroxylation sites is 1. The highest BCUT2D eigenvalue weighted by atomic mass is 16.4. The van der Waals surface area contributed by atoms with Gasteiger partial charge in [-0.3, -0.25) is 14.4 Å². The Labute approximate surface area is 157 Å². The van der Waals surface area contributed by atoms with Crippen LogP contribution in [0.15, 0.2) is 48.5 Å². The van der Waals surface area contributed by atoms with Crippen molar-refractivity contribution in [2.24, 2.45) is 5.92 Å². The molecule has 2 amide bonds. The van der Waals surface area contributed by atoms with Crippen LogP contribution in [0.5, 0.6) is 0 Å². The number of anilines is 2. The minimum atomic E-state index is -0.927. The second kappa shape index (κ2) is 7.61. The summed E-state index contributed by atoms with van der Waals surface area (Å²) in [6.07, 6.45) is 1.79. The van der Waals surface area contributed by atoms with Crippen LogP contribution in [0.1, 0.15) is 41.6 Å². The third-order valence-electron chi connectivity index (χ3n) is 4.78. The van der Waals surface area contributed by atoms with Gasteiger partial charge in [0.25, 0.3) is 5.91 Å². The van der Waals surface area contributed by atoms with E-state index in [0.29, 0.717) is 22.5 Å². The van der Waals surface area contributed by atoms with Gasteiger partial charge >= 0.3 is 5.97 Å². The first-order valence-corrected chi connectivity index (χ1v) is 8.89. The maximum atomic E-state index is 12.8. The van der Waals surface area contributed by atoms with Gasteiger partial charge in [0.05, 0.1) is 17.2 Å². The Morgan fingerprint density at radius 1 is 1.11 bits per heavy atom. The average molecular weight is 366 g/mol. The Bertz CT molecular complexity index is 889. The Kier molecular flexibility index (Phi) is 5.26. The summed E-state index contributed by atoms with van der Waals surface area (Å²) in [5, 5.41) is 12.0. The number of nitrogens with zero attached hydrogens (tertiary/aromatic N) is 1. The fourth-order valence-corrected chi connectivity index (χ4v) is 2.91. The molecule has 2 N–H and O–H groups in total. The number of hydrogen-bond acceptors (Lipinski definition) is 3. The quantitative estimate of drug-likeness (QED) is 0.819. The van der Waals surface area contributed by atoms with E-state index in [0.717, 1.165) is 12.8 Å². The van der Waals surface area contributed by atoms with Gasteiger partial charge in [-0.05, 0) is 49.6 Å². The fourth-order valence-electron chi connectivity index (χ4n) is 2.91. The van der Waals surface area contributed by atoms with Gasteiger partial charge in [-0.15, -0.1) is 0 Å². The van der Waals surface area contributed by atoms with Crippen molar-refractivity contribution in [2.75, 3.05) is 17.3 Å². The smallest absolute Gasteiger partial charge is 0.310 e. The summed E-state index contributed by atoms with van der Waals surface area (Å²) >= 11 is 0. The highest BCUT2D eigenvalue weighted by Crippen LogP contribution is 2.33. The van der Waals surface area contributed by atoms with Crippen molar-refractivity contribution in [3.8, 4) is 0 Å². The van der Waals surface area contributed by atoms with Gasteiger partial charge in [0.15, 0.2) is 0 Å². The first kappa shape index (κ1) is 18.6. The molecule has 1 aliphatic rings. The molecule has 0 bridgehead atoms. The first-order valence-electron chi connectivity index (χ1n) is 8.89. The minimum Gasteiger partial charge on any atom is -0.481 e. The second-order valence-electron chi connectivity index (χ2n) is 6.83. The molecule has 1 aliphatic carbocycles. The molecule has 0 heterocycles. The SMILES string of the molecule is CC(C(=O)O)c1cccc(NC(=O)c2ccccc2N(C)C(=O)C2CC2)c1. The number of carboxylic acid groups (broad SMARTS) is 1. The molecule has 2 aromatic carbocycles. The second-order valence-corrected chi connectivity index (χ2v) is 6.83. The fraction of sp³-hybridized carbons (Fsp3) is 0.286. The summed E-state index contributed by atoms with van der Waals surface area (Å²) in [7, 11) is 1.68. The number of nitrogens with one attached hydrogen (secondary N) is 1. The number of amides is 2. The van der Waals surface area contributed by atoms with Gasteiger partial charge in [-0.1, -0.05) is 24.3 Å². The van der Waals surface area contributed by atoms with Crippen LogP contribution in [-0.2, 0) is 9.59 Å². The maximum Gasteiger partial charge on any atom is 0.310 e. The molecule has 1 unspecified atom stereocenters. The average Bonchev–Trinajstić information content (AvgIpc) is 3.51. The van der Waals surface area contributed by atoms with E-state index in [9.17, 15) is 14.4 Å². The Morgan fingerprint density at radius 3 is 2.48 bits per heavy atom. The lowest BCUT2D eigenvalue weighted by Gasteiger charge is -2.20. The van der Waals surface area contributed by atoms with Crippen LogP contribution in [0.4, 0.5) is 11.4 Å². The van der Waals surface area contributed by atoms with Crippen molar-refractivity contribution in [3.05, 3.63) is 59.7 Å². The number of benzene rings is 2. The zero-order chi connectivity index (χ0) is 19.6. The highest BCUT2D eigenvalue weighted by molar-refractivity contribution is 6.11. The van der Waals surface area contributed by atoms with Crippen LogP contribution in [-0.4, -0.2) is 29.9 Å². The molecule has 6 heteroatoms. The van der Waals surface area contributed by atoms with Crippen LogP contribution in [0, 0.1) is 5.92 Å². The lowest BCUT2D eigenvalue weighted by atomic mass is 10.0. The number of rotatable bonds is 6. The third-order valence-corrected chi connectivity index (χ3v) is 4.78. The van der Waals surface area contributed by atoms with Gasteiger partial charge < -0.3 is 15.3 Å². The van der Waals surface area contributed by atoms with Crippen molar-refractivity contribution < 1.29 is 19.5 Å². The zero-order valence-electron chi connectivity index (χ0n) is 15.3. The van der Waals surface area contributed by atoms with Crippen LogP contribution in [0.3, 0.4) is 0 Å². The summed E-state index contributed by atoms with van der Waals surface area (Å²) in [5.74, 6) is -1.87. The number of aliphatic carboxylic acids is 1. The number of carboxylic acids is 1. The molecular weight excluding hydrogens is 344 g/mol. The van der Waals surface area contributed by atoms with Crippen LogP contribution in [0.25, 0.3) is 0 Å². The van der Waals surface area contributed by atoms with Crippen molar-refractivity contribution in [3.63, 3.8) is 0 Å². The van der Waals surface area contributed by atoms with E-state index < -0.39 is 11.9 Å². The van der Waals surface area contributed by atoms with Gasteiger partial charge in [0.2, 0.25) is 5.91 Å². The summed E-state index contributed by atoms with van der Waals surface area (Å²) in [6, 6.07) is 13.7. The van der Waals surface area contributed by atoms with Crippen LogP contribution >= 0.6 is 0 Å². The van der Waals surface area contributed by atoms with Crippen molar-refractivity contribution in [1.82, 2.24) is 0 Å². The predicted molar refractivity (Wildman–Crippen MR) is 103 cm³/mol. The summed E-state index contributed by atoms with van der Waals surface area (Å²) in [5.41, 5.74) is 2.07. The van der Waals surface area contributed by atoms with Crippen LogP contribution < -0.4 is 10.2 Å². The summed E-state index contributed by atoms with van der Waals surface area (Å²) in [6.45, 7) is 1.59. The number of carbonyl (C=O) groups excluding carboxylic acids is 2. The largest absolute Gasteiger partial charge is 0.481 e. The molecule has 140 valence electrons. The molecule has 1 fully saturated rings. The van der Waals surface area contributed by atoms with Gasteiger partial charge in [0, 0.05) is 18.7 Å².